The Bertz CT molecular complexity index is 408. The molecule has 4 nitrogen and oxygen atoms in total. The first-order chi connectivity index (χ1) is 7.88. The van der Waals surface area contributed by atoms with Gasteiger partial charge in [0.2, 0.25) is 0 Å². The second-order valence-electron chi connectivity index (χ2n) is 4.69. The summed E-state index contributed by atoms with van der Waals surface area (Å²) in [5.41, 5.74) is 9.28. The first-order valence-corrected chi connectivity index (χ1v) is 5.89. The van der Waals surface area contributed by atoms with Gasteiger partial charge in [-0.3, -0.25) is 4.79 Å². The molecule has 0 saturated heterocycles. The van der Waals surface area contributed by atoms with Crippen molar-refractivity contribution >= 4 is 5.97 Å². The van der Waals surface area contributed by atoms with Gasteiger partial charge in [-0.1, -0.05) is 0 Å². The maximum absolute atomic E-state index is 11.3. The minimum absolute atomic E-state index is 0.362. The largest absolute Gasteiger partial charge is 0.468 e. The van der Waals surface area contributed by atoms with Gasteiger partial charge < -0.3 is 15.0 Å². The third-order valence-electron chi connectivity index (χ3n) is 3.05. The number of hydrogen-bond donors (Lipinski definition) is 1. The normalized spacial score (nSPS) is 12.9. The molecule has 96 valence electrons. The van der Waals surface area contributed by atoms with Crippen molar-refractivity contribution in [2.75, 3.05) is 7.11 Å². The van der Waals surface area contributed by atoms with E-state index in [-0.39, 0.29) is 5.97 Å². The highest BCUT2D eigenvalue weighted by atomic mass is 16.5. The number of nitrogens with two attached hydrogens (primary N) is 1. The van der Waals surface area contributed by atoms with Gasteiger partial charge in [0.1, 0.15) is 6.04 Å². The lowest BCUT2D eigenvalue weighted by atomic mass is 10.1. The molecule has 0 radical (unpaired) electrons. The summed E-state index contributed by atoms with van der Waals surface area (Å²) in [5.74, 6) is -0.362. The Balaban J connectivity index is 2.93. The molecule has 0 spiro atoms. The topological polar surface area (TPSA) is 57.2 Å². The van der Waals surface area contributed by atoms with Crippen molar-refractivity contribution in [3.05, 3.63) is 23.0 Å². The van der Waals surface area contributed by atoms with Gasteiger partial charge in [-0.25, -0.2) is 0 Å². The maximum Gasteiger partial charge on any atom is 0.322 e. The molecule has 0 fully saturated rings. The minimum atomic E-state index is -0.582. The molecular weight excluding hydrogens is 216 g/mol. The molecule has 1 aromatic heterocycles. The van der Waals surface area contributed by atoms with Crippen molar-refractivity contribution in [2.45, 2.75) is 46.2 Å². The van der Waals surface area contributed by atoms with Crippen LogP contribution < -0.4 is 5.73 Å². The summed E-state index contributed by atoms with van der Waals surface area (Å²) >= 11 is 0. The number of esters is 1. The van der Waals surface area contributed by atoms with E-state index in [1.807, 2.05) is 0 Å². The second kappa shape index (κ2) is 5.36. The molecule has 1 atom stereocenters. The highest BCUT2D eigenvalue weighted by molar-refractivity contribution is 5.75. The van der Waals surface area contributed by atoms with Crippen LogP contribution in [0.15, 0.2) is 6.07 Å². The number of rotatable bonds is 4. The van der Waals surface area contributed by atoms with Crippen LogP contribution in [0.1, 0.15) is 36.8 Å². The maximum atomic E-state index is 11.3. The monoisotopic (exact) mass is 238 g/mol. The van der Waals surface area contributed by atoms with E-state index in [1.165, 1.54) is 18.5 Å². The van der Waals surface area contributed by atoms with E-state index in [9.17, 15) is 4.79 Å². The molecule has 0 aliphatic rings. The summed E-state index contributed by atoms with van der Waals surface area (Å²) in [6, 6.07) is 1.93. The first-order valence-electron chi connectivity index (χ1n) is 5.89. The van der Waals surface area contributed by atoms with Crippen LogP contribution in [0.5, 0.6) is 0 Å². The predicted molar refractivity (Wildman–Crippen MR) is 68.0 cm³/mol. The van der Waals surface area contributed by atoms with Gasteiger partial charge in [0.15, 0.2) is 0 Å². The summed E-state index contributed by atoms with van der Waals surface area (Å²) in [6.45, 7) is 8.42. The van der Waals surface area contributed by atoms with Gasteiger partial charge in [-0.15, -0.1) is 0 Å². The van der Waals surface area contributed by atoms with Crippen molar-refractivity contribution in [1.29, 1.82) is 0 Å². The Hall–Kier alpha value is -1.29. The van der Waals surface area contributed by atoms with Crippen molar-refractivity contribution in [3.63, 3.8) is 0 Å². The van der Waals surface area contributed by atoms with Crippen LogP contribution in [-0.4, -0.2) is 23.7 Å². The fourth-order valence-electron chi connectivity index (χ4n) is 2.32. The zero-order valence-corrected chi connectivity index (χ0v) is 11.3. The standard InChI is InChI=1S/C13H22N2O2/c1-8(2)15-9(3)6-11(10(15)4)7-12(14)13(16)17-5/h6,8,12H,7,14H2,1-5H3. The van der Waals surface area contributed by atoms with E-state index < -0.39 is 6.04 Å². The Morgan fingerprint density at radius 2 is 2.06 bits per heavy atom. The summed E-state index contributed by atoms with van der Waals surface area (Å²) in [4.78, 5) is 11.3. The van der Waals surface area contributed by atoms with Crippen LogP contribution in [0.4, 0.5) is 0 Å². The van der Waals surface area contributed by atoms with Crippen molar-refractivity contribution in [1.82, 2.24) is 4.57 Å². The molecular formula is C13H22N2O2. The van der Waals surface area contributed by atoms with Crippen LogP contribution >= 0.6 is 0 Å². The Labute approximate surface area is 103 Å². The van der Waals surface area contributed by atoms with E-state index in [0.717, 1.165) is 5.56 Å². The molecule has 0 aliphatic carbocycles. The third kappa shape index (κ3) is 2.88. The zero-order chi connectivity index (χ0) is 13.2. The quantitative estimate of drug-likeness (QED) is 0.813. The number of carbonyl (C=O) groups excluding carboxylic acids is 1. The number of methoxy groups -OCH3 is 1. The molecule has 1 rings (SSSR count). The van der Waals surface area contributed by atoms with Crippen LogP contribution in [0.2, 0.25) is 0 Å². The van der Waals surface area contributed by atoms with E-state index >= 15 is 0 Å². The molecule has 0 saturated carbocycles. The van der Waals surface area contributed by atoms with Gasteiger partial charge in [-0.05, 0) is 45.7 Å². The molecule has 4 heteroatoms. The predicted octanol–water partition coefficient (Wildman–Crippen LogP) is 1.73. The van der Waals surface area contributed by atoms with Crippen LogP contribution in [0.25, 0.3) is 0 Å². The molecule has 0 aliphatic heterocycles. The van der Waals surface area contributed by atoms with Crippen molar-refractivity contribution in [2.24, 2.45) is 5.73 Å². The summed E-state index contributed by atoms with van der Waals surface area (Å²) < 4.78 is 6.89. The number of aromatic nitrogens is 1. The van der Waals surface area contributed by atoms with Gasteiger partial charge >= 0.3 is 5.97 Å². The van der Waals surface area contributed by atoms with Crippen molar-refractivity contribution in [3.8, 4) is 0 Å². The number of aryl methyl sites for hydroxylation is 1. The molecule has 0 aromatic carbocycles. The lowest BCUT2D eigenvalue weighted by molar-refractivity contribution is -0.142. The Morgan fingerprint density at radius 1 is 1.47 bits per heavy atom. The highest BCUT2D eigenvalue weighted by Crippen LogP contribution is 2.21. The number of nitrogens with zero attached hydrogens (tertiary/aromatic N) is 1. The van der Waals surface area contributed by atoms with E-state index in [1.54, 1.807) is 0 Å². The Morgan fingerprint density at radius 3 is 2.47 bits per heavy atom. The molecule has 17 heavy (non-hydrogen) atoms. The smallest absolute Gasteiger partial charge is 0.322 e. The van der Waals surface area contributed by atoms with Crippen molar-refractivity contribution < 1.29 is 9.53 Å². The van der Waals surface area contributed by atoms with Crippen LogP contribution in [0.3, 0.4) is 0 Å². The third-order valence-corrected chi connectivity index (χ3v) is 3.05. The molecule has 2 N–H and O–H groups in total. The minimum Gasteiger partial charge on any atom is -0.468 e. The summed E-state index contributed by atoms with van der Waals surface area (Å²) in [7, 11) is 1.36. The highest BCUT2D eigenvalue weighted by Gasteiger charge is 2.18. The molecule has 1 heterocycles. The van der Waals surface area contributed by atoms with E-state index in [4.69, 9.17) is 5.73 Å². The van der Waals surface area contributed by atoms with Gasteiger partial charge in [0.05, 0.1) is 7.11 Å². The average molecular weight is 238 g/mol. The van der Waals surface area contributed by atoms with Crippen LogP contribution in [0, 0.1) is 13.8 Å². The van der Waals surface area contributed by atoms with E-state index in [0.29, 0.717) is 12.5 Å². The lowest BCUT2D eigenvalue weighted by Gasteiger charge is -2.14. The molecule has 1 aromatic rings. The van der Waals surface area contributed by atoms with Crippen LogP contribution in [-0.2, 0) is 16.0 Å². The van der Waals surface area contributed by atoms with Gasteiger partial charge in [0, 0.05) is 17.4 Å². The van der Waals surface area contributed by atoms with Gasteiger partial charge in [-0.2, -0.15) is 0 Å². The fraction of sp³-hybridized carbons (Fsp3) is 0.615. The Kier molecular flexibility index (Phi) is 4.34. The number of ether oxygens (including phenoxy) is 1. The summed E-state index contributed by atoms with van der Waals surface area (Å²) in [5, 5.41) is 0. The zero-order valence-electron chi connectivity index (χ0n) is 11.3. The molecule has 1 unspecified atom stereocenters. The fourth-order valence-corrected chi connectivity index (χ4v) is 2.32. The van der Waals surface area contributed by atoms with Gasteiger partial charge in [0.25, 0.3) is 0 Å². The lowest BCUT2D eigenvalue weighted by Crippen LogP contribution is -2.33. The first kappa shape index (κ1) is 13.8. The molecule has 0 bridgehead atoms. The number of carbonyl (C=O) groups is 1. The number of hydrogen-bond acceptors (Lipinski definition) is 3. The van der Waals surface area contributed by atoms with E-state index in [2.05, 4.69) is 43.1 Å². The summed E-state index contributed by atoms with van der Waals surface area (Å²) in [6.07, 6.45) is 0.527. The molecule has 0 amide bonds. The second-order valence-corrected chi connectivity index (χ2v) is 4.69. The SMILES string of the molecule is COC(=O)C(N)Cc1cc(C)n(C(C)C)c1C. The average Bonchev–Trinajstić information content (AvgIpc) is 2.52.